The second-order valence-electron chi connectivity index (χ2n) is 3.97. The van der Waals surface area contributed by atoms with Gasteiger partial charge in [-0.05, 0) is 17.7 Å². The molecule has 0 saturated heterocycles. The van der Waals surface area contributed by atoms with E-state index in [9.17, 15) is 0 Å². The largest absolute Gasteiger partial charge is 0.330 e. The van der Waals surface area contributed by atoms with Gasteiger partial charge in [-0.3, -0.25) is 0 Å². The average molecular weight is 220 g/mol. The molecule has 0 aliphatic rings. The van der Waals surface area contributed by atoms with E-state index in [1.54, 1.807) is 0 Å². The molecular formula is C15H12N2. The number of aromatic nitrogens is 2. The van der Waals surface area contributed by atoms with E-state index in [4.69, 9.17) is 0 Å². The maximum atomic E-state index is 4.56. The third kappa shape index (κ3) is 1.82. The minimum Gasteiger partial charge on any atom is -0.330 e. The zero-order chi connectivity index (χ0) is 11.7. The highest BCUT2D eigenvalue weighted by Crippen LogP contribution is 2.17. The van der Waals surface area contributed by atoms with Gasteiger partial charge in [-0.15, -0.1) is 0 Å². The molecule has 0 spiro atoms. The Morgan fingerprint density at radius 3 is 2.41 bits per heavy atom. The molecule has 0 atom stereocenters. The lowest BCUT2D eigenvalue weighted by atomic mass is 10.1. The minimum absolute atomic E-state index is 0.859. The number of imidazole rings is 1. The summed E-state index contributed by atoms with van der Waals surface area (Å²) in [6.07, 6.45) is 3.31. The highest BCUT2D eigenvalue weighted by atomic mass is 15.1. The van der Waals surface area contributed by atoms with Crippen LogP contribution in [0.4, 0.5) is 0 Å². The van der Waals surface area contributed by atoms with Crippen molar-refractivity contribution in [2.24, 2.45) is 7.05 Å². The van der Waals surface area contributed by atoms with Crippen LogP contribution in [0.3, 0.4) is 0 Å². The van der Waals surface area contributed by atoms with Crippen LogP contribution in [0.1, 0.15) is 11.4 Å². The molecule has 0 saturated carbocycles. The highest BCUT2D eigenvalue weighted by Gasteiger charge is 2.07. The summed E-state index contributed by atoms with van der Waals surface area (Å²) in [5.74, 6) is 0.859. The van der Waals surface area contributed by atoms with Gasteiger partial charge in [0.25, 0.3) is 0 Å². The molecule has 3 aromatic rings. The third-order valence-electron chi connectivity index (χ3n) is 2.82. The Morgan fingerprint density at radius 2 is 1.65 bits per heavy atom. The Bertz CT molecular complexity index is 638. The highest BCUT2D eigenvalue weighted by molar-refractivity contribution is 5.76. The first-order chi connectivity index (χ1) is 8.34. The van der Waals surface area contributed by atoms with E-state index in [1.165, 1.54) is 0 Å². The molecule has 2 aromatic carbocycles. The van der Waals surface area contributed by atoms with Crippen LogP contribution in [0.25, 0.3) is 11.0 Å². The lowest BCUT2D eigenvalue weighted by Crippen LogP contribution is -1.96. The fraction of sp³-hybridized carbons (Fsp3) is 0.0667. The number of benzene rings is 2. The zero-order valence-corrected chi connectivity index (χ0v) is 9.59. The van der Waals surface area contributed by atoms with Crippen LogP contribution < -0.4 is 0 Å². The van der Waals surface area contributed by atoms with Crippen molar-refractivity contribution in [3.63, 3.8) is 0 Å². The third-order valence-corrected chi connectivity index (χ3v) is 2.82. The molecule has 1 heterocycles. The lowest BCUT2D eigenvalue weighted by molar-refractivity contribution is 0.900. The van der Waals surface area contributed by atoms with E-state index >= 15 is 0 Å². The molecule has 82 valence electrons. The molecule has 17 heavy (non-hydrogen) atoms. The molecule has 3 rings (SSSR count). The quantitative estimate of drug-likeness (QED) is 0.649. The van der Waals surface area contributed by atoms with E-state index < -0.39 is 0 Å². The van der Waals surface area contributed by atoms with Crippen LogP contribution in [-0.2, 0) is 7.05 Å². The second kappa shape index (κ2) is 4.06. The van der Waals surface area contributed by atoms with Crippen LogP contribution in [0.5, 0.6) is 0 Å². The van der Waals surface area contributed by atoms with Crippen LogP contribution in [-0.4, -0.2) is 9.55 Å². The first-order valence-electron chi connectivity index (χ1n) is 5.58. The normalized spacial score (nSPS) is 10.9. The molecule has 0 N–H and O–H groups in total. The predicted molar refractivity (Wildman–Crippen MR) is 68.6 cm³/mol. The number of hydrogen-bond acceptors (Lipinski definition) is 1. The topological polar surface area (TPSA) is 17.8 Å². The summed E-state index contributed by atoms with van der Waals surface area (Å²) in [6, 6.07) is 18.2. The minimum atomic E-state index is 0.859. The van der Waals surface area contributed by atoms with Crippen molar-refractivity contribution in [3.05, 3.63) is 72.4 Å². The van der Waals surface area contributed by atoms with Gasteiger partial charge in [-0.25, -0.2) is 4.98 Å². The fourth-order valence-corrected chi connectivity index (χ4v) is 1.91. The number of aryl methyl sites for hydroxylation is 1. The van der Waals surface area contributed by atoms with E-state index in [-0.39, 0.29) is 0 Å². The van der Waals surface area contributed by atoms with Gasteiger partial charge in [0.15, 0.2) is 0 Å². The molecule has 0 amide bonds. The number of hydrogen-bond donors (Lipinski definition) is 0. The van der Waals surface area contributed by atoms with E-state index in [1.807, 2.05) is 55.6 Å². The molecule has 0 fully saturated rings. The smallest absolute Gasteiger partial charge is 0.123 e. The van der Waals surface area contributed by atoms with Gasteiger partial charge < -0.3 is 4.57 Å². The standard InChI is InChI=1S/C15H12N2/c1-17-14-10-6-5-9-13(14)16-15(17)11-12-7-3-2-4-8-12/h2-10H,1H3. The van der Waals surface area contributed by atoms with Crippen molar-refractivity contribution in [3.8, 4) is 0 Å². The van der Waals surface area contributed by atoms with Crippen LogP contribution in [0.15, 0.2) is 54.6 Å². The van der Waals surface area contributed by atoms with Gasteiger partial charge in [-0.2, -0.15) is 0 Å². The van der Waals surface area contributed by atoms with Crippen molar-refractivity contribution >= 4 is 11.0 Å². The molecule has 2 nitrogen and oxygen atoms in total. The molecule has 0 aliphatic carbocycles. The Labute approximate surface area is 101 Å². The predicted octanol–water partition coefficient (Wildman–Crippen LogP) is 3.05. The molecular weight excluding hydrogens is 208 g/mol. The Hall–Kier alpha value is -2.09. The molecule has 0 aliphatic heterocycles. The van der Waals surface area contributed by atoms with Gasteiger partial charge in [0.2, 0.25) is 0 Å². The first kappa shape index (κ1) is 10.1. The zero-order valence-electron chi connectivity index (χ0n) is 9.59. The molecule has 0 unspecified atom stereocenters. The van der Waals surface area contributed by atoms with E-state index in [0.29, 0.717) is 0 Å². The van der Waals surface area contributed by atoms with Crippen molar-refractivity contribution < 1.29 is 0 Å². The van der Waals surface area contributed by atoms with Crippen LogP contribution >= 0.6 is 0 Å². The van der Waals surface area contributed by atoms with Crippen molar-refractivity contribution in [2.75, 3.05) is 0 Å². The monoisotopic (exact) mass is 220 g/mol. The second-order valence-corrected chi connectivity index (χ2v) is 3.97. The molecule has 2 radical (unpaired) electrons. The molecule has 1 aromatic heterocycles. The SMILES string of the molecule is Cn1c([C]c2ccccc2)nc2ccccc21. The van der Waals surface area contributed by atoms with E-state index in [0.717, 1.165) is 22.4 Å². The average Bonchev–Trinajstić information content (AvgIpc) is 2.68. The number of fused-ring (bicyclic) bond motifs is 1. The summed E-state index contributed by atoms with van der Waals surface area (Å²) < 4.78 is 2.06. The van der Waals surface area contributed by atoms with Crippen molar-refractivity contribution in [1.82, 2.24) is 9.55 Å². The van der Waals surface area contributed by atoms with E-state index in [2.05, 4.69) is 22.0 Å². The molecule has 0 bridgehead atoms. The summed E-state index contributed by atoms with van der Waals surface area (Å²) in [7, 11) is 2.01. The molecule has 2 heteroatoms. The van der Waals surface area contributed by atoms with Crippen LogP contribution in [0.2, 0.25) is 0 Å². The lowest BCUT2D eigenvalue weighted by Gasteiger charge is -2.01. The number of para-hydroxylation sites is 2. The van der Waals surface area contributed by atoms with Gasteiger partial charge in [-0.1, -0.05) is 42.5 Å². The first-order valence-corrected chi connectivity index (χ1v) is 5.58. The Morgan fingerprint density at radius 1 is 0.941 bits per heavy atom. The number of rotatable bonds is 2. The summed E-state index contributed by atoms with van der Waals surface area (Å²) >= 11 is 0. The summed E-state index contributed by atoms with van der Waals surface area (Å²) in [5.41, 5.74) is 3.19. The Balaban J connectivity index is 2.04. The summed E-state index contributed by atoms with van der Waals surface area (Å²) in [5, 5.41) is 0. The van der Waals surface area contributed by atoms with Crippen molar-refractivity contribution in [2.45, 2.75) is 0 Å². The van der Waals surface area contributed by atoms with Crippen LogP contribution in [0, 0.1) is 6.42 Å². The summed E-state index contributed by atoms with van der Waals surface area (Å²) in [6.45, 7) is 0. The van der Waals surface area contributed by atoms with Gasteiger partial charge in [0.05, 0.1) is 17.5 Å². The number of nitrogens with zero attached hydrogens (tertiary/aromatic N) is 2. The Kier molecular flexibility index (Phi) is 2.41. The fourth-order valence-electron chi connectivity index (χ4n) is 1.91. The summed E-state index contributed by atoms with van der Waals surface area (Å²) in [4.78, 5) is 4.56. The van der Waals surface area contributed by atoms with Gasteiger partial charge in [0, 0.05) is 7.05 Å². The van der Waals surface area contributed by atoms with Gasteiger partial charge in [0.1, 0.15) is 5.82 Å². The van der Waals surface area contributed by atoms with Gasteiger partial charge >= 0.3 is 0 Å². The van der Waals surface area contributed by atoms with Crippen molar-refractivity contribution in [1.29, 1.82) is 0 Å². The maximum Gasteiger partial charge on any atom is 0.123 e. The maximum absolute atomic E-state index is 4.56.